The van der Waals surface area contributed by atoms with Crippen molar-refractivity contribution in [3.8, 4) is 5.75 Å². The summed E-state index contributed by atoms with van der Waals surface area (Å²) >= 11 is 0. The molecule has 120 valence electrons. The molecule has 1 aliphatic carbocycles. The van der Waals surface area contributed by atoms with Gasteiger partial charge in [-0.3, -0.25) is 4.79 Å². The Hall–Kier alpha value is -1.81. The van der Waals surface area contributed by atoms with Crippen molar-refractivity contribution in [1.29, 1.82) is 0 Å². The Bertz CT molecular complexity index is 494. The molecule has 4 nitrogen and oxygen atoms in total. The lowest BCUT2D eigenvalue weighted by atomic mass is 10.2. The van der Waals surface area contributed by atoms with Crippen molar-refractivity contribution in [2.75, 3.05) is 20.2 Å². The van der Waals surface area contributed by atoms with Gasteiger partial charge in [0.1, 0.15) is 5.75 Å². The number of carbonyl (C=O) groups is 1. The number of para-hydroxylation sites is 1. The maximum absolute atomic E-state index is 11.8. The van der Waals surface area contributed by atoms with Crippen LogP contribution in [0.25, 0.3) is 6.08 Å². The smallest absolute Gasteiger partial charge is 0.221 e. The normalized spacial score (nSPS) is 15.3. The van der Waals surface area contributed by atoms with Crippen LogP contribution >= 0.6 is 0 Å². The second kappa shape index (κ2) is 9.26. The summed E-state index contributed by atoms with van der Waals surface area (Å²) in [6, 6.07) is 8.32. The Balaban J connectivity index is 1.60. The van der Waals surface area contributed by atoms with E-state index in [2.05, 4.69) is 10.6 Å². The molecule has 0 aromatic heterocycles. The van der Waals surface area contributed by atoms with Crippen molar-refractivity contribution in [3.05, 3.63) is 35.9 Å². The third-order valence-electron chi connectivity index (χ3n) is 3.95. The fraction of sp³-hybridized carbons (Fsp3) is 0.500. The number of nitrogens with one attached hydrogen (secondary N) is 2. The summed E-state index contributed by atoms with van der Waals surface area (Å²) in [6.45, 7) is 1.45. The topological polar surface area (TPSA) is 50.4 Å². The molecule has 4 heteroatoms. The summed E-state index contributed by atoms with van der Waals surface area (Å²) in [6.07, 6.45) is 9.39. The number of ether oxygens (including phenoxy) is 1. The van der Waals surface area contributed by atoms with Gasteiger partial charge in [0.2, 0.25) is 5.91 Å². The van der Waals surface area contributed by atoms with Crippen molar-refractivity contribution in [3.63, 3.8) is 0 Å². The zero-order valence-electron chi connectivity index (χ0n) is 13.3. The van der Waals surface area contributed by atoms with Crippen molar-refractivity contribution >= 4 is 12.0 Å². The fourth-order valence-corrected chi connectivity index (χ4v) is 2.75. The number of rotatable bonds is 8. The average molecular weight is 302 g/mol. The first-order valence-electron chi connectivity index (χ1n) is 8.09. The summed E-state index contributed by atoms with van der Waals surface area (Å²) in [5.74, 6) is 1.03. The molecule has 1 aromatic carbocycles. The van der Waals surface area contributed by atoms with E-state index in [0.29, 0.717) is 19.0 Å². The molecule has 1 aromatic rings. The SMILES string of the molecule is COc1ccccc1C=CCNCCC(=O)NC1CCCC1. The summed E-state index contributed by atoms with van der Waals surface area (Å²) < 4.78 is 5.29. The van der Waals surface area contributed by atoms with E-state index >= 15 is 0 Å². The third-order valence-corrected chi connectivity index (χ3v) is 3.95. The minimum Gasteiger partial charge on any atom is -0.496 e. The van der Waals surface area contributed by atoms with Crippen LogP contribution in [-0.2, 0) is 4.79 Å². The molecule has 22 heavy (non-hydrogen) atoms. The highest BCUT2D eigenvalue weighted by Crippen LogP contribution is 2.18. The maximum Gasteiger partial charge on any atom is 0.221 e. The van der Waals surface area contributed by atoms with E-state index in [1.54, 1.807) is 7.11 Å². The Morgan fingerprint density at radius 2 is 2.09 bits per heavy atom. The Kier molecular flexibility index (Phi) is 6.97. The molecule has 0 spiro atoms. The van der Waals surface area contributed by atoms with E-state index in [1.165, 1.54) is 12.8 Å². The molecule has 0 bridgehead atoms. The second-order valence-electron chi connectivity index (χ2n) is 5.65. The number of carbonyl (C=O) groups excluding carboxylic acids is 1. The van der Waals surface area contributed by atoms with Gasteiger partial charge in [0.15, 0.2) is 0 Å². The first-order chi connectivity index (χ1) is 10.8. The predicted octanol–water partition coefficient (Wildman–Crippen LogP) is 2.75. The molecule has 0 saturated heterocycles. The Morgan fingerprint density at radius 1 is 1.32 bits per heavy atom. The largest absolute Gasteiger partial charge is 0.496 e. The number of methoxy groups -OCH3 is 1. The van der Waals surface area contributed by atoms with E-state index in [9.17, 15) is 4.79 Å². The lowest BCUT2D eigenvalue weighted by molar-refractivity contribution is -0.121. The highest BCUT2D eigenvalue weighted by molar-refractivity contribution is 5.76. The van der Waals surface area contributed by atoms with Crippen molar-refractivity contribution in [2.24, 2.45) is 0 Å². The molecular formula is C18H26N2O2. The highest BCUT2D eigenvalue weighted by atomic mass is 16.5. The van der Waals surface area contributed by atoms with Crippen LogP contribution in [0.1, 0.15) is 37.7 Å². The molecule has 0 aliphatic heterocycles. The van der Waals surface area contributed by atoms with Crippen LogP contribution in [0.2, 0.25) is 0 Å². The molecule has 0 heterocycles. The zero-order valence-corrected chi connectivity index (χ0v) is 13.3. The van der Waals surface area contributed by atoms with Crippen molar-refractivity contribution < 1.29 is 9.53 Å². The second-order valence-corrected chi connectivity index (χ2v) is 5.65. The standard InChI is InChI=1S/C18H26N2O2/c1-22-17-11-5-2-7-15(17)8-6-13-19-14-12-18(21)20-16-9-3-4-10-16/h2,5-8,11,16,19H,3-4,9-10,12-14H2,1H3,(H,20,21). The van der Waals surface area contributed by atoms with Gasteiger partial charge in [-0.15, -0.1) is 0 Å². The monoisotopic (exact) mass is 302 g/mol. The van der Waals surface area contributed by atoms with Crippen molar-refractivity contribution in [1.82, 2.24) is 10.6 Å². The molecule has 1 aliphatic rings. The van der Waals surface area contributed by atoms with Gasteiger partial charge in [-0.05, 0) is 18.9 Å². The molecule has 2 rings (SSSR count). The molecular weight excluding hydrogens is 276 g/mol. The first kappa shape index (κ1) is 16.6. The number of benzene rings is 1. The number of hydrogen-bond acceptors (Lipinski definition) is 3. The van der Waals surface area contributed by atoms with E-state index < -0.39 is 0 Å². The zero-order chi connectivity index (χ0) is 15.6. The van der Waals surface area contributed by atoms with Crippen LogP contribution in [0.3, 0.4) is 0 Å². The van der Waals surface area contributed by atoms with E-state index in [1.807, 2.05) is 36.4 Å². The Labute approximate surface area is 132 Å². The molecule has 2 N–H and O–H groups in total. The average Bonchev–Trinajstić information content (AvgIpc) is 3.04. The van der Waals surface area contributed by atoms with Crippen LogP contribution in [0.4, 0.5) is 0 Å². The third kappa shape index (κ3) is 5.53. The van der Waals surface area contributed by atoms with Gasteiger partial charge >= 0.3 is 0 Å². The van der Waals surface area contributed by atoms with Gasteiger partial charge in [-0.1, -0.05) is 43.2 Å². The van der Waals surface area contributed by atoms with E-state index in [4.69, 9.17) is 4.74 Å². The minimum atomic E-state index is 0.160. The van der Waals surface area contributed by atoms with Gasteiger partial charge in [-0.2, -0.15) is 0 Å². The van der Waals surface area contributed by atoms with Crippen molar-refractivity contribution in [2.45, 2.75) is 38.1 Å². The first-order valence-corrected chi connectivity index (χ1v) is 8.09. The van der Waals surface area contributed by atoms with Gasteiger partial charge < -0.3 is 15.4 Å². The molecule has 1 saturated carbocycles. The molecule has 0 atom stereocenters. The maximum atomic E-state index is 11.8. The van der Waals surface area contributed by atoms with Gasteiger partial charge in [0.05, 0.1) is 7.11 Å². The van der Waals surface area contributed by atoms with Gasteiger partial charge in [-0.25, -0.2) is 0 Å². The molecule has 0 radical (unpaired) electrons. The molecule has 1 fully saturated rings. The van der Waals surface area contributed by atoms with Gasteiger partial charge in [0, 0.05) is 31.1 Å². The summed E-state index contributed by atoms with van der Waals surface area (Å²) in [5.41, 5.74) is 1.06. The lowest BCUT2D eigenvalue weighted by Crippen LogP contribution is -2.34. The molecule has 0 unspecified atom stereocenters. The minimum absolute atomic E-state index is 0.160. The highest BCUT2D eigenvalue weighted by Gasteiger charge is 2.16. The molecule has 1 amide bonds. The number of hydrogen-bond donors (Lipinski definition) is 2. The Morgan fingerprint density at radius 3 is 2.86 bits per heavy atom. The lowest BCUT2D eigenvalue weighted by Gasteiger charge is -2.11. The summed E-state index contributed by atoms with van der Waals surface area (Å²) in [5, 5.41) is 6.36. The summed E-state index contributed by atoms with van der Waals surface area (Å²) in [4.78, 5) is 11.8. The summed E-state index contributed by atoms with van der Waals surface area (Å²) in [7, 11) is 1.67. The quantitative estimate of drug-likeness (QED) is 0.726. The fourth-order valence-electron chi connectivity index (χ4n) is 2.75. The number of amides is 1. The van der Waals surface area contributed by atoms with Crippen LogP contribution < -0.4 is 15.4 Å². The van der Waals surface area contributed by atoms with Crippen LogP contribution in [-0.4, -0.2) is 32.1 Å². The van der Waals surface area contributed by atoms with E-state index in [0.717, 1.165) is 30.7 Å². The van der Waals surface area contributed by atoms with Crippen LogP contribution in [0, 0.1) is 0 Å². The van der Waals surface area contributed by atoms with Gasteiger partial charge in [0.25, 0.3) is 0 Å². The predicted molar refractivity (Wildman–Crippen MR) is 89.9 cm³/mol. The van der Waals surface area contributed by atoms with Crippen LogP contribution in [0.5, 0.6) is 5.75 Å². The van der Waals surface area contributed by atoms with Crippen LogP contribution in [0.15, 0.2) is 30.3 Å². The van der Waals surface area contributed by atoms with E-state index in [-0.39, 0.29) is 5.91 Å².